The zero-order valence-electron chi connectivity index (χ0n) is 3.81. The lowest BCUT2D eigenvalue weighted by molar-refractivity contribution is 1.14. The van der Waals surface area contributed by atoms with Crippen LogP contribution in [0.15, 0.2) is 0 Å². The molecule has 0 aliphatic carbocycles. The van der Waals surface area contributed by atoms with Crippen molar-refractivity contribution >= 4 is 24.8 Å². The molecule has 2 nitrogen and oxygen atoms in total. The molecule has 0 aliphatic heterocycles. The first kappa shape index (κ1) is 31.5. The molecule has 0 aromatic rings. The highest BCUT2D eigenvalue weighted by atomic mass is 35.5. The Morgan fingerprint density at radius 1 is 1.33 bits per heavy atom. The molecule has 44 valence electrons. The average Bonchev–Trinajstić information content (AvgIpc) is 0.918. The summed E-state index contributed by atoms with van der Waals surface area (Å²) in [7, 11) is 0. The van der Waals surface area contributed by atoms with E-state index in [9.17, 15) is 0 Å². The lowest BCUT2D eigenvalue weighted by atomic mass is 10.8. The van der Waals surface area contributed by atoms with Crippen LogP contribution in [0.3, 0.4) is 0 Å². The van der Waals surface area contributed by atoms with Gasteiger partial charge in [0.2, 0.25) is 0 Å². The SMILES string of the molecule is CCN.Cl.Cl.N. The second-order valence-electron chi connectivity index (χ2n) is 0.408. The largest absolute Gasteiger partial charge is 0.344 e. The van der Waals surface area contributed by atoms with Gasteiger partial charge in [-0.3, -0.25) is 0 Å². The number of rotatable bonds is 0. The Morgan fingerprint density at radius 3 is 1.33 bits per heavy atom. The van der Waals surface area contributed by atoms with Crippen molar-refractivity contribution in [1.82, 2.24) is 6.15 Å². The zero-order valence-corrected chi connectivity index (χ0v) is 5.44. The van der Waals surface area contributed by atoms with Gasteiger partial charge in [-0.25, -0.2) is 0 Å². The van der Waals surface area contributed by atoms with Crippen LogP contribution >= 0.6 is 24.8 Å². The van der Waals surface area contributed by atoms with Gasteiger partial charge < -0.3 is 11.9 Å². The Morgan fingerprint density at radius 2 is 1.33 bits per heavy atom. The van der Waals surface area contributed by atoms with Crippen LogP contribution in [0.25, 0.3) is 0 Å². The van der Waals surface area contributed by atoms with Crippen LogP contribution in [-0.4, -0.2) is 6.54 Å². The van der Waals surface area contributed by atoms with Crippen molar-refractivity contribution in [3.8, 4) is 0 Å². The average molecular weight is 135 g/mol. The molecule has 0 atom stereocenters. The monoisotopic (exact) mass is 134 g/mol. The van der Waals surface area contributed by atoms with Gasteiger partial charge in [-0.2, -0.15) is 0 Å². The predicted molar refractivity (Wildman–Crippen MR) is 34.2 cm³/mol. The molecule has 0 saturated carbocycles. The molecule has 0 unspecified atom stereocenters. The van der Waals surface area contributed by atoms with Crippen molar-refractivity contribution < 1.29 is 0 Å². The van der Waals surface area contributed by atoms with E-state index in [4.69, 9.17) is 5.73 Å². The highest BCUT2D eigenvalue weighted by molar-refractivity contribution is 5.85. The van der Waals surface area contributed by atoms with E-state index in [-0.39, 0.29) is 31.0 Å². The molecule has 0 fully saturated rings. The van der Waals surface area contributed by atoms with Crippen LogP contribution in [0.5, 0.6) is 0 Å². The van der Waals surface area contributed by atoms with E-state index in [1.807, 2.05) is 6.92 Å². The summed E-state index contributed by atoms with van der Waals surface area (Å²) < 4.78 is 0. The van der Waals surface area contributed by atoms with E-state index >= 15 is 0 Å². The van der Waals surface area contributed by atoms with Gasteiger partial charge in [-0.1, -0.05) is 6.92 Å². The minimum Gasteiger partial charge on any atom is -0.344 e. The highest BCUT2D eigenvalue weighted by Gasteiger charge is 1.32. The number of hydrogen-bond donors (Lipinski definition) is 2. The van der Waals surface area contributed by atoms with Crippen LogP contribution in [0.1, 0.15) is 6.92 Å². The van der Waals surface area contributed by atoms with Gasteiger partial charge in [0, 0.05) is 0 Å². The lowest BCUT2D eigenvalue weighted by Gasteiger charge is -1.53. The third kappa shape index (κ3) is 221. The van der Waals surface area contributed by atoms with Crippen molar-refractivity contribution in [1.29, 1.82) is 0 Å². The minimum atomic E-state index is 0. The predicted octanol–water partition coefficient (Wildman–Crippen LogP) is 0.971. The van der Waals surface area contributed by atoms with Crippen molar-refractivity contribution in [3.05, 3.63) is 0 Å². The molecule has 0 spiro atoms. The van der Waals surface area contributed by atoms with Gasteiger partial charge in [-0.05, 0) is 6.54 Å². The first-order valence-corrected chi connectivity index (χ1v) is 1.12. The summed E-state index contributed by atoms with van der Waals surface area (Å²) in [5, 5.41) is 0. The van der Waals surface area contributed by atoms with Crippen LogP contribution in [0.2, 0.25) is 0 Å². The molecule has 0 aromatic carbocycles. The van der Waals surface area contributed by atoms with E-state index in [2.05, 4.69) is 0 Å². The topological polar surface area (TPSA) is 61.0 Å². The van der Waals surface area contributed by atoms with E-state index in [1.165, 1.54) is 0 Å². The van der Waals surface area contributed by atoms with Gasteiger partial charge >= 0.3 is 0 Å². The maximum atomic E-state index is 4.85. The maximum Gasteiger partial charge on any atom is -0.0106 e. The molecule has 0 amide bonds. The van der Waals surface area contributed by atoms with Crippen molar-refractivity contribution in [2.75, 3.05) is 6.54 Å². The summed E-state index contributed by atoms with van der Waals surface area (Å²) in [4.78, 5) is 0. The lowest BCUT2D eigenvalue weighted by Crippen LogP contribution is -1.87. The summed E-state index contributed by atoms with van der Waals surface area (Å²) in [6, 6.07) is 0. The standard InChI is InChI=1S/C2H7N.2ClH.H3N/c1-2-3;;;/h2-3H2,1H3;2*1H;1H3. The maximum absolute atomic E-state index is 4.85. The van der Waals surface area contributed by atoms with Crippen LogP contribution in [0, 0.1) is 0 Å². The molecule has 0 aromatic heterocycles. The zero-order chi connectivity index (χ0) is 2.71. The van der Waals surface area contributed by atoms with E-state index in [1.54, 1.807) is 0 Å². The molecular formula is C2H12Cl2N2. The van der Waals surface area contributed by atoms with Gasteiger partial charge in [0.05, 0.1) is 0 Å². The molecular weight excluding hydrogens is 123 g/mol. The minimum absolute atomic E-state index is 0. The van der Waals surface area contributed by atoms with Crippen molar-refractivity contribution in [2.24, 2.45) is 5.73 Å². The summed E-state index contributed by atoms with van der Waals surface area (Å²) in [5.74, 6) is 0. The molecule has 6 heavy (non-hydrogen) atoms. The summed E-state index contributed by atoms with van der Waals surface area (Å²) in [6.45, 7) is 2.65. The smallest absolute Gasteiger partial charge is 0.0106 e. The first-order valence-electron chi connectivity index (χ1n) is 1.12. The third-order valence-electron chi connectivity index (χ3n) is 0. The molecule has 0 radical (unpaired) electrons. The molecule has 4 heteroatoms. The second-order valence-corrected chi connectivity index (χ2v) is 0.408. The van der Waals surface area contributed by atoms with Gasteiger partial charge in [0.25, 0.3) is 0 Å². The van der Waals surface area contributed by atoms with Crippen LogP contribution < -0.4 is 11.9 Å². The van der Waals surface area contributed by atoms with Crippen LogP contribution in [0.4, 0.5) is 0 Å². The first-order chi connectivity index (χ1) is 1.41. The third-order valence-corrected chi connectivity index (χ3v) is 0. The van der Waals surface area contributed by atoms with E-state index < -0.39 is 0 Å². The van der Waals surface area contributed by atoms with E-state index in [0.717, 1.165) is 6.54 Å². The Labute approximate surface area is 50.9 Å². The van der Waals surface area contributed by atoms with Crippen molar-refractivity contribution in [3.63, 3.8) is 0 Å². The van der Waals surface area contributed by atoms with Gasteiger partial charge in [-0.15, -0.1) is 24.8 Å². The Balaban J connectivity index is -0.00000000667. The van der Waals surface area contributed by atoms with Gasteiger partial charge in [0.1, 0.15) is 0 Å². The number of hydrogen-bond acceptors (Lipinski definition) is 2. The second kappa shape index (κ2) is 49.5. The summed E-state index contributed by atoms with van der Waals surface area (Å²) in [6.07, 6.45) is 0. The number of halogens is 2. The summed E-state index contributed by atoms with van der Waals surface area (Å²) >= 11 is 0. The van der Waals surface area contributed by atoms with Crippen molar-refractivity contribution in [2.45, 2.75) is 6.92 Å². The summed E-state index contributed by atoms with van der Waals surface area (Å²) in [5.41, 5.74) is 4.85. The molecule has 5 N–H and O–H groups in total. The highest BCUT2D eigenvalue weighted by Crippen LogP contribution is 1.20. The Bertz CT molecular complexity index is 9.51. The molecule has 0 heterocycles. The molecule has 0 rings (SSSR count). The quantitative estimate of drug-likeness (QED) is 0.519. The fourth-order valence-electron chi connectivity index (χ4n) is 0. The molecule has 0 saturated heterocycles. The fourth-order valence-corrected chi connectivity index (χ4v) is 0. The fraction of sp³-hybridized carbons (Fsp3) is 1.00. The van der Waals surface area contributed by atoms with E-state index in [0.29, 0.717) is 0 Å². The number of nitrogens with two attached hydrogens (primary N) is 1. The Kier molecular flexibility index (Phi) is 260. The van der Waals surface area contributed by atoms with Crippen LogP contribution in [-0.2, 0) is 0 Å². The Hall–Kier alpha value is 0.500. The van der Waals surface area contributed by atoms with Gasteiger partial charge in [0.15, 0.2) is 0 Å². The normalized spacial score (nSPS) is 3.00. The molecule has 0 aliphatic rings. The molecule has 0 bridgehead atoms.